The third-order valence-electron chi connectivity index (χ3n) is 1.91. The lowest BCUT2D eigenvalue weighted by atomic mass is 10.1. The van der Waals surface area contributed by atoms with E-state index in [1.165, 1.54) is 6.42 Å². The number of hydrogen-bond donors (Lipinski definition) is 0. The number of hydrogen-bond acceptors (Lipinski definition) is 3. The number of amides is 1. The number of piperidine rings is 1. The fourth-order valence-electron chi connectivity index (χ4n) is 1.30. The summed E-state index contributed by atoms with van der Waals surface area (Å²) in [5, 5.41) is 2.57. The molecule has 0 radical (unpaired) electrons. The molecule has 0 saturated carbocycles. The monoisotopic (exact) mass is 156 g/mol. The second kappa shape index (κ2) is 4.05. The zero-order valence-electron chi connectivity index (χ0n) is 6.45. The highest BCUT2D eigenvalue weighted by Gasteiger charge is 2.15. The Kier molecular flexibility index (Phi) is 3.01. The maximum atomic E-state index is 11.0. The Morgan fingerprint density at radius 3 is 2.45 bits per heavy atom. The Balaban J connectivity index is 2.32. The molecule has 0 spiro atoms. The van der Waals surface area contributed by atoms with Gasteiger partial charge in [-0.15, -0.1) is 0 Å². The fraction of sp³-hybridized carbons (Fsp3) is 0.857. The first-order valence-corrected chi connectivity index (χ1v) is 3.91. The van der Waals surface area contributed by atoms with E-state index in [1.54, 1.807) is 4.90 Å². The first-order chi connectivity index (χ1) is 5.34. The van der Waals surface area contributed by atoms with Gasteiger partial charge in [0, 0.05) is 13.1 Å². The van der Waals surface area contributed by atoms with Gasteiger partial charge in [-0.1, -0.05) is 5.18 Å². The molecule has 0 bridgehead atoms. The van der Waals surface area contributed by atoms with Crippen LogP contribution in [0.15, 0.2) is 5.18 Å². The lowest BCUT2D eigenvalue weighted by molar-refractivity contribution is -0.130. The number of carbonyl (C=O) groups excluding carboxylic acids is 1. The van der Waals surface area contributed by atoms with E-state index >= 15 is 0 Å². The summed E-state index contributed by atoms with van der Waals surface area (Å²) in [4.78, 5) is 22.5. The molecular formula is C7H12N2O2. The molecule has 1 amide bonds. The highest BCUT2D eigenvalue weighted by atomic mass is 16.3. The smallest absolute Gasteiger partial charge is 0.247 e. The normalized spacial score (nSPS) is 18.0. The van der Waals surface area contributed by atoms with E-state index in [2.05, 4.69) is 5.18 Å². The molecule has 4 heteroatoms. The predicted octanol–water partition coefficient (Wildman–Crippen LogP) is 0.765. The molecule has 1 fully saturated rings. The van der Waals surface area contributed by atoms with Crippen LogP contribution in [0.5, 0.6) is 0 Å². The van der Waals surface area contributed by atoms with Gasteiger partial charge in [-0.25, -0.2) is 0 Å². The average Bonchev–Trinajstić information content (AvgIpc) is 2.07. The van der Waals surface area contributed by atoms with Crippen LogP contribution in [0.3, 0.4) is 0 Å². The van der Waals surface area contributed by atoms with Crippen LogP contribution in [0.2, 0.25) is 0 Å². The van der Waals surface area contributed by atoms with Crippen LogP contribution in [-0.2, 0) is 4.79 Å². The van der Waals surface area contributed by atoms with Crippen molar-refractivity contribution >= 4 is 5.91 Å². The molecule has 0 aromatic heterocycles. The zero-order chi connectivity index (χ0) is 8.10. The van der Waals surface area contributed by atoms with Gasteiger partial charge in [-0.3, -0.25) is 4.79 Å². The maximum Gasteiger partial charge on any atom is 0.247 e. The second-order valence-electron chi connectivity index (χ2n) is 2.73. The standard InChI is InChI=1S/C7H12N2O2/c10-7(6-8-11)9-4-2-1-3-5-9/h1-6H2. The molecule has 0 N–H and O–H groups in total. The van der Waals surface area contributed by atoms with Gasteiger partial charge >= 0.3 is 0 Å². The van der Waals surface area contributed by atoms with Crippen molar-refractivity contribution in [2.75, 3.05) is 19.6 Å². The van der Waals surface area contributed by atoms with Gasteiger partial charge < -0.3 is 4.90 Å². The molecule has 4 nitrogen and oxygen atoms in total. The number of nitrogens with zero attached hydrogens (tertiary/aromatic N) is 2. The predicted molar refractivity (Wildman–Crippen MR) is 41.1 cm³/mol. The second-order valence-corrected chi connectivity index (χ2v) is 2.73. The summed E-state index contributed by atoms with van der Waals surface area (Å²) in [6, 6.07) is 0. The molecule has 1 saturated heterocycles. The summed E-state index contributed by atoms with van der Waals surface area (Å²) >= 11 is 0. The van der Waals surface area contributed by atoms with Crippen molar-refractivity contribution in [1.82, 2.24) is 4.90 Å². The van der Waals surface area contributed by atoms with Crippen LogP contribution >= 0.6 is 0 Å². The van der Waals surface area contributed by atoms with E-state index in [1.807, 2.05) is 0 Å². The molecule has 0 aliphatic carbocycles. The van der Waals surface area contributed by atoms with Crippen LogP contribution in [0.1, 0.15) is 19.3 Å². The van der Waals surface area contributed by atoms with Crippen LogP contribution in [-0.4, -0.2) is 30.4 Å². The third-order valence-corrected chi connectivity index (χ3v) is 1.91. The maximum absolute atomic E-state index is 11.0. The molecule has 1 aliphatic rings. The highest BCUT2D eigenvalue weighted by molar-refractivity contribution is 5.78. The van der Waals surface area contributed by atoms with Gasteiger partial charge in [-0.05, 0) is 19.3 Å². The van der Waals surface area contributed by atoms with Gasteiger partial charge in [0.2, 0.25) is 5.91 Å². The van der Waals surface area contributed by atoms with E-state index in [0.29, 0.717) is 0 Å². The van der Waals surface area contributed by atoms with E-state index in [9.17, 15) is 9.70 Å². The Hall–Kier alpha value is -0.930. The van der Waals surface area contributed by atoms with E-state index in [0.717, 1.165) is 25.9 Å². The summed E-state index contributed by atoms with van der Waals surface area (Å²) in [7, 11) is 0. The SMILES string of the molecule is O=NCC(=O)N1CCCCC1. The zero-order valence-corrected chi connectivity index (χ0v) is 6.45. The molecule has 0 atom stereocenters. The van der Waals surface area contributed by atoms with Crippen molar-refractivity contribution in [2.24, 2.45) is 5.18 Å². The molecule has 1 rings (SSSR count). The lowest BCUT2D eigenvalue weighted by Gasteiger charge is -2.25. The molecule has 11 heavy (non-hydrogen) atoms. The van der Waals surface area contributed by atoms with Crippen molar-refractivity contribution < 1.29 is 4.79 Å². The van der Waals surface area contributed by atoms with Crippen molar-refractivity contribution in [3.05, 3.63) is 4.91 Å². The van der Waals surface area contributed by atoms with E-state index < -0.39 is 0 Å². The van der Waals surface area contributed by atoms with Gasteiger partial charge in [0.15, 0.2) is 6.54 Å². The van der Waals surface area contributed by atoms with Crippen molar-refractivity contribution in [1.29, 1.82) is 0 Å². The first-order valence-electron chi connectivity index (χ1n) is 3.91. The quantitative estimate of drug-likeness (QED) is 0.554. The van der Waals surface area contributed by atoms with Crippen LogP contribution in [0.25, 0.3) is 0 Å². The van der Waals surface area contributed by atoms with Gasteiger partial charge in [-0.2, -0.15) is 4.91 Å². The number of nitroso groups, excluding NO2 is 1. The minimum atomic E-state index is -0.194. The van der Waals surface area contributed by atoms with Crippen molar-refractivity contribution in [2.45, 2.75) is 19.3 Å². The number of rotatable bonds is 2. The molecule has 62 valence electrons. The van der Waals surface area contributed by atoms with Gasteiger partial charge in [0.25, 0.3) is 0 Å². The number of carbonyl (C=O) groups is 1. The third kappa shape index (κ3) is 2.29. The minimum absolute atomic E-state index is 0.125. The van der Waals surface area contributed by atoms with Crippen molar-refractivity contribution in [3.63, 3.8) is 0 Å². The first kappa shape index (κ1) is 8.17. The summed E-state index contributed by atoms with van der Waals surface area (Å²) in [5.74, 6) is -0.125. The molecule has 1 aliphatic heterocycles. The highest BCUT2D eigenvalue weighted by Crippen LogP contribution is 2.08. The molecule has 0 aromatic rings. The molecular weight excluding hydrogens is 144 g/mol. The summed E-state index contributed by atoms with van der Waals surface area (Å²) in [6.45, 7) is 1.41. The van der Waals surface area contributed by atoms with Gasteiger partial charge in [0.05, 0.1) is 0 Å². The summed E-state index contributed by atoms with van der Waals surface area (Å²) in [5.41, 5.74) is 0. The Bertz CT molecular complexity index is 153. The van der Waals surface area contributed by atoms with Gasteiger partial charge in [0.1, 0.15) is 0 Å². The Morgan fingerprint density at radius 2 is 1.91 bits per heavy atom. The fourth-order valence-corrected chi connectivity index (χ4v) is 1.30. The van der Waals surface area contributed by atoms with Crippen LogP contribution in [0.4, 0.5) is 0 Å². The largest absolute Gasteiger partial charge is 0.341 e. The summed E-state index contributed by atoms with van der Waals surface area (Å²) < 4.78 is 0. The molecule has 0 unspecified atom stereocenters. The van der Waals surface area contributed by atoms with Crippen LogP contribution < -0.4 is 0 Å². The minimum Gasteiger partial charge on any atom is -0.341 e. The Labute approximate surface area is 65.5 Å². The van der Waals surface area contributed by atoms with Crippen LogP contribution in [0, 0.1) is 4.91 Å². The topological polar surface area (TPSA) is 49.7 Å². The Morgan fingerprint density at radius 1 is 1.27 bits per heavy atom. The molecule has 0 aromatic carbocycles. The molecule has 1 heterocycles. The average molecular weight is 156 g/mol. The summed E-state index contributed by atoms with van der Waals surface area (Å²) in [6.07, 6.45) is 3.31. The number of likely N-dealkylation sites (tertiary alicyclic amines) is 1. The van der Waals surface area contributed by atoms with E-state index in [4.69, 9.17) is 0 Å². The van der Waals surface area contributed by atoms with E-state index in [-0.39, 0.29) is 12.5 Å². The van der Waals surface area contributed by atoms with Crippen molar-refractivity contribution in [3.8, 4) is 0 Å². The lowest BCUT2D eigenvalue weighted by Crippen LogP contribution is -2.36.